The summed E-state index contributed by atoms with van der Waals surface area (Å²) in [4.78, 5) is 38.3. The van der Waals surface area contributed by atoms with Crippen LogP contribution in [-0.2, 0) is 33.7 Å². The lowest BCUT2D eigenvalue weighted by Gasteiger charge is -2.24. The topological polar surface area (TPSA) is 74.6 Å². The molecule has 0 radical (unpaired) electrons. The second-order valence-corrected chi connectivity index (χ2v) is 8.47. The second-order valence-electron chi connectivity index (χ2n) is 8.47. The molecule has 2 rings (SSSR count). The van der Waals surface area contributed by atoms with Gasteiger partial charge in [0, 0.05) is 17.0 Å². The molecule has 0 aliphatic carbocycles. The number of aryl methyl sites for hydroxylation is 1. The van der Waals surface area contributed by atoms with Gasteiger partial charge in [0.05, 0.1) is 6.61 Å². The van der Waals surface area contributed by atoms with Crippen LogP contribution in [0.3, 0.4) is 0 Å². The van der Waals surface area contributed by atoms with E-state index in [2.05, 4.69) is 0 Å². The number of hydrogen-bond acceptors (Lipinski definition) is 5. The number of ether oxygens (including phenoxy) is 2. The molecule has 0 saturated carbocycles. The first kappa shape index (κ1) is 25.2. The average Bonchev–Trinajstić information content (AvgIpc) is 2.68. The minimum absolute atomic E-state index is 0.00412. The molecule has 0 spiro atoms. The molecule has 0 unspecified atom stereocenters. The van der Waals surface area contributed by atoms with Crippen molar-refractivity contribution in [1.29, 1.82) is 0 Å². The molecular formula is C24H29F2NO5. The molecule has 2 aromatic rings. The van der Waals surface area contributed by atoms with Crippen LogP contribution in [-0.4, -0.2) is 28.7 Å². The molecule has 6 nitrogen and oxygen atoms in total. The van der Waals surface area contributed by atoms with E-state index in [0.29, 0.717) is 5.69 Å². The maximum Gasteiger partial charge on any atom is 0.344 e. The van der Waals surface area contributed by atoms with Gasteiger partial charge in [0.25, 0.3) is 0 Å². The molecule has 0 aliphatic rings. The molecule has 0 fully saturated rings. The standard InChI is InChI=1S/C24H29F2NO5/c1-7-31-19(28)13-27-15(3)14(2)22(29)20(23(30)32-24(4,5)6)18(27)12-11-16-9-8-10-17(25)21(16)26/h8-10H,7,11-13H2,1-6H3. The van der Waals surface area contributed by atoms with E-state index in [1.54, 1.807) is 41.5 Å². The number of esters is 2. The highest BCUT2D eigenvalue weighted by molar-refractivity contribution is 5.91. The predicted molar refractivity (Wildman–Crippen MR) is 116 cm³/mol. The van der Waals surface area contributed by atoms with Gasteiger partial charge in [-0.3, -0.25) is 9.59 Å². The third kappa shape index (κ3) is 5.81. The number of pyridine rings is 1. The summed E-state index contributed by atoms with van der Waals surface area (Å²) in [5.41, 5.74) is -0.533. The Hall–Kier alpha value is -3.03. The van der Waals surface area contributed by atoms with Crippen molar-refractivity contribution in [3.63, 3.8) is 0 Å². The summed E-state index contributed by atoms with van der Waals surface area (Å²) in [6.07, 6.45) is 0.00880. The number of benzene rings is 1. The number of carbonyl (C=O) groups excluding carboxylic acids is 2. The Labute approximate surface area is 186 Å². The lowest BCUT2D eigenvalue weighted by atomic mass is 10.00. The van der Waals surface area contributed by atoms with Crippen molar-refractivity contribution in [2.75, 3.05) is 6.61 Å². The second kappa shape index (κ2) is 10.1. The van der Waals surface area contributed by atoms with Crippen molar-refractivity contribution in [2.45, 2.75) is 66.5 Å². The van der Waals surface area contributed by atoms with Gasteiger partial charge in [-0.1, -0.05) is 12.1 Å². The predicted octanol–water partition coefficient (Wildman–Crippen LogP) is 4.05. The van der Waals surface area contributed by atoms with Gasteiger partial charge in [-0.05, 0) is 66.0 Å². The maximum atomic E-state index is 14.2. The minimum atomic E-state index is -0.991. The van der Waals surface area contributed by atoms with Crippen LogP contribution < -0.4 is 5.43 Å². The summed E-state index contributed by atoms with van der Waals surface area (Å²) in [5, 5.41) is 0. The Morgan fingerprint density at radius 1 is 1.09 bits per heavy atom. The van der Waals surface area contributed by atoms with Gasteiger partial charge in [-0.25, -0.2) is 13.6 Å². The molecule has 0 amide bonds. The van der Waals surface area contributed by atoms with Crippen molar-refractivity contribution in [1.82, 2.24) is 4.57 Å². The maximum absolute atomic E-state index is 14.2. The first-order valence-corrected chi connectivity index (χ1v) is 10.4. The monoisotopic (exact) mass is 449 g/mol. The van der Waals surface area contributed by atoms with Gasteiger partial charge in [0.1, 0.15) is 17.7 Å². The van der Waals surface area contributed by atoms with E-state index < -0.39 is 34.6 Å². The number of carbonyl (C=O) groups is 2. The van der Waals surface area contributed by atoms with Gasteiger partial charge in [-0.15, -0.1) is 0 Å². The molecule has 0 saturated heterocycles. The van der Waals surface area contributed by atoms with Crippen LogP contribution >= 0.6 is 0 Å². The molecule has 0 aliphatic heterocycles. The Morgan fingerprint density at radius 3 is 2.34 bits per heavy atom. The number of aromatic nitrogens is 1. The summed E-state index contributed by atoms with van der Waals surface area (Å²) in [7, 11) is 0. The molecule has 32 heavy (non-hydrogen) atoms. The summed E-state index contributed by atoms with van der Waals surface area (Å²) in [6, 6.07) is 3.83. The summed E-state index contributed by atoms with van der Waals surface area (Å²) >= 11 is 0. The molecule has 174 valence electrons. The number of halogens is 2. The third-order valence-corrected chi connectivity index (χ3v) is 4.99. The van der Waals surface area contributed by atoms with Crippen LogP contribution in [0, 0.1) is 25.5 Å². The number of nitrogens with zero attached hydrogens (tertiary/aromatic N) is 1. The van der Waals surface area contributed by atoms with Crippen LogP contribution in [0.5, 0.6) is 0 Å². The zero-order valence-corrected chi connectivity index (χ0v) is 19.3. The molecule has 0 atom stereocenters. The number of rotatable bonds is 7. The number of hydrogen-bond donors (Lipinski definition) is 0. The summed E-state index contributed by atoms with van der Waals surface area (Å²) < 4.78 is 39.9. The molecule has 1 aromatic carbocycles. The molecule has 1 heterocycles. The van der Waals surface area contributed by atoms with Crippen molar-refractivity contribution >= 4 is 11.9 Å². The highest BCUT2D eigenvalue weighted by Gasteiger charge is 2.28. The largest absolute Gasteiger partial charge is 0.465 e. The Bertz CT molecular complexity index is 1080. The fourth-order valence-corrected chi connectivity index (χ4v) is 3.37. The zero-order valence-electron chi connectivity index (χ0n) is 19.3. The molecule has 1 aromatic heterocycles. The molecule has 0 bridgehead atoms. The van der Waals surface area contributed by atoms with E-state index in [1.807, 2.05) is 0 Å². The summed E-state index contributed by atoms with van der Waals surface area (Å²) in [6.45, 7) is 9.82. The van der Waals surface area contributed by atoms with Gasteiger partial charge >= 0.3 is 11.9 Å². The normalized spacial score (nSPS) is 11.4. The Morgan fingerprint density at radius 2 is 1.75 bits per heavy atom. The van der Waals surface area contributed by atoms with E-state index in [4.69, 9.17) is 9.47 Å². The molecular weight excluding hydrogens is 420 g/mol. The van der Waals surface area contributed by atoms with Crippen LogP contribution in [0.15, 0.2) is 23.0 Å². The van der Waals surface area contributed by atoms with E-state index in [-0.39, 0.29) is 48.4 Å². The highest BCUT2D eigenvalue weighted by Crippen LogP contribution is 2.21. The molecule has 8 heteroatoms. The van der Waals surface area contributed by atoms with Gasteiger partial charge in [-0.2, -0.15) is 0 Å². The average molecular weight is 449 g/mol. The highest BCUT2D eigenvalue weighted by atomic mass is 19.2. The molecule has 0 N–H and O–H groups in total. The van der Waals surface area contributed by atoms with Crippen LogP contribution in [0.25, 0.3) is 0 Å². The van der Waals surface area contributed by atoms with Gasteiger partial charge in [0.15, 0.2) is 17.1 Å². The van der Waals surface area contributed by atoms with E-state index in [1.165, 1.54) is 16.7 Å². The van der Waals surface area contributed by atoms with Crippen molar-refractivity contribution in [3.05, 3.63) is 68.1 Å². The first-order chi connectivity index (χ1) is 14.9. The lowest BCUT2D eigenvalue weighted by Crippen LogP contribution is -2.33. The van der Waals surface area contributed by atoms with Crippen LogP contribution in [0.2, 0.25) is 0 Å². The van der Waals surface area contributed by atoms with E-state index in [9.17, 15) is 23.2 Å². The smallest absolute Gasteiger partial charge is 0.344 e. The van der Waals surface area contributed by atoms with Crippen LogP contribution in [0.1, 0.15) is 60.6 Å². The van der Waals surface area contributed by atoms with Crippen molar-refractivity contribution in [2.24, 2.45) is 0 Å². The van der Waals surface area contributed by atoms with E-state index in [0.717, 1.165) is 6.07 Å². The SMILES string of the molecule is CCOC(=O)Cn1c(C)c(C)c(=O)c(C(=O)OC(C)(C)C)c1CCc1cccc(F)c1F. The zero-order chi connectivity index (χ0) is 24.2. The first-order valence-electron chi connectivity index (χ1n) is 10.4. The van der Waals surface area contributed by atoms with Gasteiger partial charge < -0.3 is 14.0 Å². The van der Waals surface area contributed by atoms with Gasteiger partial charge in [0.2, 0.25) is 0 Å². The van der Waals surface area contributed by atoms with Crippen LogP contribution in [0.4, 0.5) is 8.78 Å². The lowest BCUT2D eigenvalue weighted by molar-refractivity contribution is -0.143. The fraction of sp³-hybridized carbons (Fsp3) is 0.458. The Kier molecular flexibility index (Phi) is 7.93. The quantitative estimate of drug-likeness (QED) is 0.597. The minimum Gasteiger partial charge on any atom is -0.465 e. The van der Waals surface area contributed by atoms with Crippen molar-refractivity contribution in [3.8, 4) is 0 Å². The third-order valence-electron chi connectivity index (χ3n) is 4.99. The fourth-order valence-electron chi connectivity index (χ4n) is 3.37. The summed E-state index contributed by atoms with van der Waals surface area (Å²) in [5.74, 6) is -3.36. The van der Waals surface area contributed by atoms with E-state index >= 15 is 0 Å². The Balaban J connectivity index is 2.66. The van der Waals surface area contributed by atoms with Crippen molar-refractivity contribution < 1.29 is 27.8 Å².